The van der Waals surface area contributed by atoms with Crippen LogP contribution in [0.15, 0.2) is 18.2 Å². The van der Waals surface area contributed by atoms with Crippen LogP contribution in [0, 0.1) is 17.1 Å². The molecule has 1 fully saturated rings. The van der Waals surface area contributed by atoms with Crippen LogP contribution in [-0.2, 0) is 16.1 Å². The van der Waals surface area contributed by atoms with E-state index in [1.165, 1.54) is 6.07 Å². The average molecular weight is 290 g/mol. The summed E-state index contributed by atoms with van der Waals surface area (Å²) in [6, 6.07) is 6.07. The zero-order valence-electron chi connectivity index (χ0n) is 12.1. The predicted octanol–water partition coefficient (Wildman–Crippen LogP) is 2.61. The monoisotopic (exact) mass is 290 g/mol. The Morgan fingerprint density at radius 2 is 2.33 bits per heavy atom. The second-order valence-electron chi connectivity index (χ2n) is 5.15. The summed E-state index contributed by atoms with van der Waals surface area (Å²) in [5, 5.41) is 8.76. The molecule has 1 unspecified atom stereocenters. The Morgan fingerprint density at radius 3 is 3.00 bits per heavy atom. The SMILES string of the molecule is CCOC(=O)C1CCCCN1Cc1ccc(C#N)cc1F. The van der Waals surface area contributed by atoms with Gasteiger partial charge in [0.2, 0.25) is 0 Å². The van der Waals surface area contributed by atoms with Crippen molar-refractivity contribution in [2.75, 3.05) is 13.2 Å². The van der Waals surface area contributed by atoms with Crippen molar-refractivity contribution in [1.29, 1.82) is 5.26 Å². The lowest BCUT2D eigenvalue weighted by molar-refractivity contribution is -0.151. The summed E-state index contributed by atoms with van der Waals surface area (Å²) in [6.45, 7) is 3.25. The second kappa shape index (κ2) is 7.19. The zero-order valence-corrected chi connectivity index (χ0v) is 12.1. The average Bonchev–Trinajstić information content (AvgIpc) is 2.50. The molecule has 0 N–H and O–H groups in total. The molecule has 1 saturated heterocycles. The molecule has 0 saturated carbocycles. The lowest BCUT2D eigenvalue weighted by atomic mass is 10.0. The van der Waals surface area contributed by atoms with Gasteiger partial charge in [0, 0.05) is 12.1 Å². The molecule has 5 heteroatoms. The summed E-state index contributed by atoms with van der Waals surface area (Å²) < 4.78 is 19.1. The lowest BCUT2D eigenvalue weighted by Crippen LogP contribution is -2.45. The Hall–Kier alpha value is -1.93. The molecule has 1 heterocycles. The number of nitriles is 1. The van der Waals surface area contributed by atoms with E-state index in [0.717, 1.165) is 25.8 Å². The van der Waals surface area contributed by atoms with Crippen LogP contribution in [-0.4, -0.2) is 30.1 Å². The van der Waals surface area contributed by atoms with Crippen molar-refractivity contribution in [2.24, 2.45) is 0 Å². The molecule has 0 radical (unpaired) electrons. The highest BCUT2D eigenvalue weighted by atomic mass is 19.1. The maximum Gasteiger partial charge on any atom is 0.323 e. The maximum absolute atomic E-state index is 14.0. The molecule has 1 aliphatic heterocycles. The Labute approximate surface area is 124 Å². The van der Waals surface area contributed by atoms with Crippen molar-refractivity contribution in [1.82, 2.24) is 4.90 Å². The van der Waals surface area contributed by atoms with Gasteiger partial charge in [0.25, 0.3) is 0 Å². The molecule has 0 aromatic heterocycles. The van der Waals surface area contributed by atoms with Crippen LogP contribution in [0.1, 0.15) is 37.3 Å². The number of nitrogens with zero attached hydrogens (tertiary/aromatic N) is 2. The molecule has 0 spiro atoms. The minimum Gasteiger partial charge on any atom is -0.465 e. The smallest absolute Gasteiger partial charge is 0.323 e. The summed E-state index contributed by atoms with van der Waals surface area (Å²) in [7, 11) is 0. The van der Waals surface area contributed by atoms with Gasteiger partial charge >= 0.3 is 5.97 Å². The summed E-state index contributed by atoms with van der Waals surface area (Å²) in [5.41, 5.74) is 0.807. The first-order chi connectivity index (χ1) is 10.2. The lowest BCUT2D eigenvalue weighted by Gasteiger charge is -2.34. The molecule has 1 aromatic rings. The predicted molar refractivity (Wildman–Crippen MR) is 75.8 cm³/mol. The first-order valence-corrected chi connectivity index (χ1v) is 7.25. The fourth-order valence-corrected chi connectivity index (χ4v) is 2.65. The number of carbonyl (C=O) groups is 1. The van der Waals surface area contributed by atoms with E-state index in [4.69, 9.17) is 10.00 Å². The van der Waals surface area contributed by atoms with E-state index < -0.39 is 5.82 Å². The molecule has 4 nitrogen and oxygen atoms in total. The number of halogens is 1. The van der Waals surface area contributed by atoms with Gasteiger partial charge < -0.3 is 4.74 Å². The Bertz CT molecular complexity index is 554. The molecule has 0 amide bonds. The van der Waals surface area contributed by atoms with Crippen molar-refractivity contribution in [3.05, 3.63) is 35.1 Å². The highest BCUT2D eigenvalue weighted by Crippen LogP contribution is 2.22. The van der Waals surface area contributed by atoms with E-state index in [9.17, 15) is 9.18 Å². The second-order valence-corrected chi connectivity index (χ2v) is 5.15. The third-order valence-electron chi connectivity index (χ3n) is 3.73. The molecule has 2 rings (SSSR count). The molecular formula is C16H19FN2O2. The first-order valence-electron chi connectivity index (χ1n) is 7.25. The van der Waals surface area contributed by atoms with E-state index in [0.29, 0.717) is 24.3 Å². The summed E-state index contributed by atoms with van der Waals surface area (Å²) >= 11 is 0. The standard InChI is InChI=1S/C16H19FN2O2/c1-2-21-16(20)15-5-3-4-8-19(15)11-13-7-6-12(10-18)9-14(13)17/h6-7,9,15H,2-5,8,11H2,1H3. The van der Waals surface area contributed by atoms with E-state index in [1.807, 2.05) is 11.0 Å². The highest BCUT2D eigenvalue weighted by molar-refractivity contribution is 5.75. The van der Waals surface area contributed by atoms with E-state index in [2.05, 4.69) is 0 Å². The third kappa shape index (κ3) is 3.79. The molecule has 1 aromatic carbocycles. The number of piperidine rings is 1. The normalized spacial score (nSPS) is 19.0. The van der Waals surface area contributed by atoms with Crippen LogP contribution in [0.2, 0.25) is 0 Å². The van der Waals surface area contributed by atoms with Gasteiger partial charge in [-0.15, -0.1) is 0 Å². The van der Waals surface area contributed by atoms with Crippen molar-refractivity contribution < 1.29 is 13.9 Å². The summed E-state index contributed by atoms with van der Waals surface area (Å²) in [6.07, 6.45) is 2.72. The Balaban J connectivity index is 2.12. The molecule has 1 atom stereocenters. The van der Waals surface area contributed by atoms with Crippen LogP contribution in [0.4, 0.5) is 4.39 Å². The molecule has 21 heavy (non-hydrogen) atoms. The number of hydrogen-bond acceptors (Lipinski definition) is 4. The Morgan fingerprint density at radius 1 is 1.52 bits per heavy atom. The van der Waals surface area contributed by atoms with Crippen molar-refractivity contribution in [3.8, 4) is 6.07 Å². The molecule has 0 bridgehead atoms. The minimum atomic E-state index is -0.401. The number of benzene rings is 1. The first kappa shape index (κ1) is 15.5. The number of ether oxygens (including phenoxy) is 1. The maximum atomic E-state index is 14.0. The van der Waals surface area contributed by atoms with Gasteiger partial charge in [-0.1, -0.05) is 12.5 Å². The van der Waals surface area contributed by atoms with Gasteiger partial charge in [-0.25, -0.2) is 4.39 Å². The van der Waals surface area contributed by atoms with Crippen LogP contribution >= 0.6 is 0 Å². The quantitative estimate of drug-likeness (QED) is 0.800. The van der Waals surface area contributed by atoms with Gasteiger partial charge in [-0.2, -0.15) is 5.26 Å². The number of carbonyl (C=O) groups excluding carboxylic acids is 1. The summed E-state index contributed by atoms with van der Waals surface area (Å²) in [5.74, 6) is -0.631. The van der Waals surface area contributed by atoms with Gasteiger partial charge in [0.1, 0.15) is 11.9 Å². The van der Waals surface area contributed by atoms with Gasteiger partial charge in [0.15, 0.2) is 0 Å². The number of rotatable bonds is 4. The third-order valence-corrected chi connectivity index (χ3v) is 3.73. The largest absolute Gasteiger partial charge is 0.465 e. The van der Waals surface area contributed by atoms with Crippen LogP contribution in [0.5, 0.6) is 0 Å². The van der Waals surface area contributed by atoms with E-state index in [-0.39, 0.29) is 12.0 Å². The molecule has 0 aliphatic carbocycles. The molecule has 1 aliphatic rings. The number of hydrogen-bond donors (Lipinski definition) is 0. The molecule has 112 valence electrons. The zero-order chi connectivity index (χ0) is 15.2. The van der Waals surface area contributed by atoms with Gasteiger partial charge in [-0.05, 0) is 38.4 Å². The fraction of sp³-hybridized carbons (Fsp3) is 0.500. The number of esters is 1. The number of likely N-dealkylation sites (tertiary alicyclic amines) is 1. The highest BCUT2D eigenvalue weighted by Gasteiger charge is 2.30. The van der Waals surface area contributed by atoms with Crippen molar-refractivity contribution in [2.45, 2.75) is 38.8 Å². The fourth-order valence-electron chi connectivity index (χ4n) is 2.65. The topological polar surface area (TPSA) is 53.3 Å². The Kier molecular flexibility index (Phi) is 5.29. The molecular weight excluding hydrogens is 271 g/mol. The summed E-state index contributed by atoms with van der Waals surface area (Å²) in [4.78, 5) is 13.9. The minimum absolute atomic E-state index is 0.230. The van der Waals surface area contributed by atoms with Crippen LogP contribution < -0.4 is 0 Å². The van der Waals surface area contributed by atoms with Gasteiger partial charge in [0.05, 0.1) is 18.2 Å². The van der Waals surface area contributed by atoms with E-state index in [1.54, 1.807) is 19.1 Å². The van der Waals surface area contributed by atoms with E-state index >= 15 is 0 Å². The van der Waals surface area contributed by atoms with Crippen LogP contribution in [0.25, 0.3) is 0 Å². The van der Waals surface area contributed by atoms with Crippen molar-refractivity contribution >= 4 is 5.97 Å². The van der Waals surface area contributed by atoms with Crippen molar-refractivity contribution in [3.63, 3.8) is 0 Å². The van der Waals surface area contributed by atoms with Gasteiger partial charge in [-0.3, -0.25) is 9.69 Å². The van der Waals surface area contributed by atoms with Crippen LogP contribution in [0.3, 0.4) is 0 Å².